The highest BCUT2D eigenvalue weighted by molar-refractivity contribution is 9.10. The third-order valence-corrected chi connectivity index (χ3v) is 6.81. The first-order valence-corrected chi connectivity index (χ1v) is 11.2. The SMILES string of the molecule is COc1cccc(C2CC(=O)C3=C(C2)Nc2ccccc2NC3c2ccccc2Br)c1. The Morgan fingerprint density at radius 3 is 2.52 bits per heavy atom. The van der Waals surface area contributed by atoms with Gasteiger partial charge in [-0.1, -0.05) is 58.4 Å². The Bertz CT molecular complexity index is 1190. The molecule has 0 bridgehead atoms. The number of anilines is 2. The van der Waals surface area contributed by atoms with Gasteiger partial charge in [-0.3, -0.25) is 4.79 Å². The molecule has 4 nitrogen and oxygen atoms in total. The maximum absolute atomic E-state index is 13.6. The van der Waals surface area contributed by atoms with Crippen LogP contribution in [-0.2, 0) is 4.79 Å². The molecule has 1 aliphatic heterocycles. The number of ether oxygens (including phenoxy) is 1. The number of benzene rings is 3. The third-order valence-electron chi connectivity index (χ3n) is 6.09. The second-order valence-corrected chi connectivity index (χ2v) is 8.82. The summed E-state index contributed by atoms with van der Waals surface area (Å²) in [5.41, 5.74) is 5.97. The van der Waals surface area contributed by atoms with Crippen LogP contribution in [0.15, 0.2) is 88.5 Å². The number of para-hydroxylation sites is 2. The fourth-order valence-corrected chi connectivity index (χ4v) is 5.08. The average Bonchev–Trinajstić information content (AvgIpc) is 2.96. The summed E-state index contributed by atoms with van der Waals surface area (Å²) < 4.78 is 6.39. The van der Waals surface area contributed by atoms with E-state index in [0.717, 1.165) is 50.4 Å². The van der Waals surface area contributed by atoms with Gasteiger partial charge in [0.15, 0.2) is 5.78 Å². The predicted molar refractivity (Wildman–Crippen MR) is 128 cm³/mol. The highest BCUT2D eigenvalue weighted by Crippen LogP contribution is 2.45. The zero-order valence-electron chi connectivity index (χ0n) is 17.2. The Labute approximate surface area is 190 Å². The second-order valence-electron chi connectivity index (χ2n) is 7.97. The van der Waals surface area contributed by atoms with E-state index in [1.165, 1.54) is 0 Å². The van der Waals surface area contributed by atoms with Gasteiger partial charge in [0.2, 0.25) is 0 Å². The number of hydrogen-bond acceptors (Lipinski definition) is 4. The Morgan fingerprint density at radius 1 is 0.935 bits per heavy atom. The molecule has 2 aliphatic rings. The van der Waals surface area contributed by atoms with Gasteiger partial charge in [0, 0.05) is 22.2 Å². The summed E-state index contributed by atoms with van der Waals surface area (Å²) in [5.74, 6) is 1.10. The maximum Gasteiger partial charge on any atom is 0.163 e. The Hall–Kier alpha value is -3.05. The zero-order chi connectivity index (χ0) is 21.4. The van der Waals surface area contributed by atoms with Crippen LogP contribution in [0.5, 0.6) is 5.75 Å². The molecule has 0 aromatic heterocycles. The maximum atomic E-state index is 13.6. The molecular formula is C26H23BrN2O2. The van der Waals surface area contributed by atoms with Crippen molar-refractivity contribution in [3.8, 4) is 5.75 Å². The molecule has 2 unspecified atom stereocenters. The molecule has 3 aromatic carbocycles. The molecule has 0 fully saturated rings. The summed E-state index contributed by atoms with van der Waals surface area (Å²) in [6, 6.07) is 24.0. The number of halogens is 1. The van der Waals surface area contributed by atoms with Gasteiger partial charge in [0.05, 0.1) is 24.5 Å². The minimum atomic E-state index is -0.222. The molecule has 0 saturated heterocycles. The average molecular weight is 475 g/mol. The summed E-state index contributed by atoms with van der Waals surface area (Å²) in [6.45, 7) is 0. The lowest BCUT2D eigenvalue weighted by atomic mass is 9.78. The molecule has 3 aromatic rings. The van der Waals surface area contributed by atoms with Crippen LogP contribution >= 0.6 is 15.9 Å². The van der Waals surface area contributed by atoms with Crippen LogP contribution in [0.4, 0.5) is 11.4 Å². The minimum absolute atomic E-state index is 0.110. The summed E-state index contributed by atoms with van der Waals surface area (Å²) in [7, 11) is 1.67. The molecule has 5 rings (SSSR count). The van der Waals surface area contributed by atoms with Gasteiger partial charge < -0.3 is 15.4 Å². The van der Waals surface area contributed by atoms with Gasteiger partial charge in [-0.15, -0.1) is 0 Å². The van der Waals surface area contributed by atoms with Crippen molar-refractivity contribution in [2.75, 3.05) is 17.7 Å². The molecule has 156 valence electrons. The number of rotatable bonds is 3. The van der Waals surface area contributed by atoms with E-state index in [4.69, 9.17) is 4.74 Å². The van der Waals surface area contributed by atoms with Crippen molar-refractivity contribution in [2.24, 2.45) is 0 Å². The highest BCUT2D eigenvalue weighted by atomic mass is 79.9. The van der Waals surface area contributed by atoms with Crippen molar-refractivity contribution in [1.82, 2.24) is 0 Å². The summed E-state index contributed by atoms with van der Waals surface area (Å²) in [5, 5.41) is 7.22. The monoisotopic (exact) mass is 474 g/mol. The molecule has 0 radical (unpaired) electrons. The lowest BCUT2D eigenvalue weighted by Crippen LogP contribution is -2.27. The highest BCUT2D eigenvalue weighted by Gasteiger charge is 2.36. The molecular weight excluding hydrogens is 452 g/mol. The first-order valence-electron chi connectivity index (χ1n) is 10.4. The molecule has 0 saturated carbocycles. The van der Waals surface area contributed by atoms with Gasteiger partial charge in [-0.25, -0.2) is 0 Å². The van der Waals surface area contributed by atoms with E-state index < -0.39 is 0 Å². The molecule has 31 heavy (non-hydrogen) atoms. The lowest BCUT2D eigenvalue weighted by molar-refractivity contribution is -0.116. The number of carbonyl (C=O) groups excluding carboxylic acids is 1. The van der Waals surface area contributed by atoms with Crippen LogP contribution in [0.1, 0.15) is 35.9 Å². The van der Waals surface area contributed by atoms with E-state index in [0.29, 0.717) is 6.42 Å². The molecule has 0 spiro atoms. The van der Waals surface area contributed by atoms with E-state index in [-0.39, 0.29) is 17.7 Å². The van der Waals surface area contributed by atoms with Crippen LogP contribution < -0.4 is 15.4 Å². The number of carbonyl (C=O) groups is 1. The fourth-order valence-electron chi connectivity index (χ4n) is 4.57. The fraction of sp³-hybridized carbons (Fsp3) is 0.192. The molecule has 1 heterocycles. The topological polar surface area (TPSA) is 50.4 Å². The number of allylic oxidation sites excluding steroid dienone is 1. The van der Waals surface area contributed by atoms with E-state index >= 15 is 0 Å². The third kappa shape index (κ3) is 3.74. The van der Waals surface area contributed by atoms with Gasteiger partial charge in [-0.2, -0.15) is 0 Å². The lowest BCUT2D eigenvalue weighted by Gasteiger charge is -2.30. The Kier molecular flexibility index (Phi) is 5.28. The number of ketones is 1. The zero-order valence-corrected chi connectivity index (χ0v) is 18.8. The van der Waals surface area contributed by atoms with Crippen molar-refractivity contribution < 1.29 is 9.53 Å². The second kappa shape index (κ2) is 8.23. The van der Waals surface area contributed by atoms with Gasteiger partial charge in [-0.05, 0) is 53.8 Å². The number of methoxy groups -OCH3 is 1. The minimum Gasteiger partial charge on any atom is -0.497 e. The van der Waals surface area contributed by atoms with Crippen molar-refractivity contribution in [3.05, 3.63) is 99.7 Å². The first-order chi connectivity index (χ1) is 15.1. The van der Waals surface area contributed by atoms with E-state index in [1.54, 1.807) is 7.11 Å². The number of nitrogens with one attached hydrogen (secondary N) is 2. The number of fused-ring (bicyclic) bond motifs is 1. The van der Waals surface area contributed by atoms with Crippen LogP contribution in [0, 0.1) is 0 Å². The van der Waals surface area contributed by atoms with E-state index in [9.17, 15) is 4.79 Å². The first kappa shape index (κ1) is 19.9. The van der Waals surface area contributed by atoms with Crippen LogP contribution in [-0.4, -0.2) is 12.9 Å². The van der Waals surface area contributed by atoms with E-state index in [1.807, 2.05) is 48.5 Å². The molecule has 1 aliphatic carbocycles. The Morgan fingerprint density at radius 2 is 1.71 bits per heavy atom. The van der Waals surface area contributed by atoms with Crippen LogP contribution in [0.25, 0.3) is 0 Å². The predicted octanol–water partition coefficient (Wildman–Crippen LogP) is 6.44. The molecule has 2 atom stereocenters. The standard InChI is InChI=1S/C26H23BrN2O2/c1-31-18-8-6-7-16(13-18)17-14-23-25(24(30)15-17)26(19-9-2-3-10-20(19)27)29-22-12-5-4-11-21(22)28-23/h2-13,17,26,28-29H,14-15H2,1H3. The van der Waals surface area contributed by atoms with Crippen molar-refractivity contribution in [2.45, 2.75) is 24.8 Å². The smallest absolute Gasteiger partial charge is 0.163 e. The Balaban J connectivity index is 1.61. The quantitative estimate of drug-likeness (QED) is 0.458. The normalized spacial score (nSPS) is 20.1. The van der Waals surface area contributed by atoms with Gasteiger partial charge in [0.25, 0.3) is 0 Å². The molecule has 2 N–H and O–H groups in total. The number of hydrogen-bond donors (Lipinski definition) is 2. The van der Waals surface area contributed by atoms with Gasteiger partial charge in [0.1, 0.15) is 5.75 Å². The van der Waals surface area contributed by atoms with Crippen LogP contribution in [0.2, 0.25) is 0 Å². The summed E-state index contributed by atoms with van der Waals surface area (Å²) in [4.78, 5) is 13.6. The largest absolute Gasteiger partial charge is 0.497 e. The van der Waals surface area contributed by atoms with Gasteiger partial charge >= 0.3 is 0 Å². The summed E-state index contributed by atoms with van der Waals surface area (Å²) in [6.07, 6.45) is 1.25. The van der Waals surface area contributed by atoms with Crippen molar-refractivity contribution in [3.63, 3.8) is 0 Å². The van der Waals surface area contributed by atoms with Crippen molar-refractivity contribution >= 4 is 33.1 Å². The molecule has 5 heteroatoms. The number of Topliss-reactive ketones (excluding diaryl/α,β-unsaturated/α-hetero) is 1. The van der Waals surface area contributed by atoms with Crippen molar-refractivity contribution in [1.29, 1.82) is 0 Å². The van der Waals surface area contributed by atoms with Crippen LogP contribution in [0.3, 0.4) is 0 Å². The molecule has 0 amide bonds. The van der Waals surface area contributed by atoms with E-state index in [2.05, 4.69) is 50.8 Å². The summed E-state index contributed by atoms with van der Waals surface area (Å²) >= 11 is 3.69.